The zero-order valence-corrected chi connectivity index (χ0v) is 35.3. The van der Waals surface area contributed by atoms with Gasteiger partial charge in [-0.1, -0.05) is 88.4 Å². The lowest BCUT2D eigenvalue weighted by atomic mass is 9.85. The van der Waals surface area contributed by atoms with Crippen LogP contribution in [-0.4, -0.2) is 104 Å². The molecule has 0 radical (unpaired) electrons. The molecule has 0 aliphatic carbocycles. The van der Waals surface area contributed by atoms with E-state index in [1.807, 2.05) is 65.0 Å². The van der Waals surface area contributed by atoms with Gasteiger partial charge in [-0.25, -0.2) is 17.8 Å². The van der Waals surface area contributed by atoms with Crippen LogP contribution in [0.2, 0.25) is 0 Å². The third-order valence-corrected chi connectivity index (χ3v) is 12.7. The van der Waals surface area contributed by atoms with E-state index in [2.05, 4.69) is 31.2 Å². The van der Waals surface area contributed by atoms with Gasteiger partial charge in [0.05, 0.1) is 33.8 Å². The van der Waals surface area contributed by atoms with E-state index in [-0.39, 0.29) is 49.2 Å². The minimum Gasteiger partial charge on any atom is -0.390 e. The van der Waals surface area contributed by atoms with Crippen LogP contribution < -0.4 is 21.3 Å². The van der Waals surface area contributed by atoms with E-state index in [4.69, 9.17) is 0 Å². The van der Waals surface area contributed by atoms with Crippen LogP contribution in [0.1, 0.15) is 58.6 Å². The molecule has 310 valence electrons. The van der Waals surface area contributed by atoms with Crippen LogP contribution in [0.15, 0.2) is 77.7 Å². The maximum absolute atomic E-state index is 14.3. The van der Waals surface area contributed by atoms with Crippen LogP contribution >= 0.6 is 11.3 Å². The first-order valence-corrected chi connectivity index (χ1v) is 22.0. The Bertz CT molecular complexity index is 2030. The third kappa shape index (κ3) is 13.0. The Morgan fingerprint density at radius 1 is 0.965 bits per heavy atom. The number of fused-ring (bicyclic) bond motifs is 1. The highest BCUT2D eigenvalue weighted by molar-refractivity contribution is 7.89. The van der Waals surface area contributed by atoms with E-state index in [1.165, 1.54) is 40.6 Å². The van der Waals surface area contributed by atoms with Crippen molar-refractivity contribution in [3.8, 4) is 0 Å². The molecule has 12 nitrogen and oxygen atoms in total. The number of nitrogens with zero attached hydrogens (tertiary/aromatic N) is 3. The number of nitrogens with one attached hydrogen (secondary N) is 4. The Balaban J connectivity index is 1.30. The van der Waals surface area contributed by atoms with Crippen molar-refractivity contribution in [1.82, 2.24) is 30.1 Å². The Morgan fingerprint density at radius 2 is 1.68 bits per heavy atom. The lowest BCUT2D eigenvalue weighted by molar-refractivity contribution is -0.132. The monoisotopic (exact) mass is 823 g/mol. The number of rotatable bonds is 20. The first-order chi connectivity index (χ1) is 27.1. The number of thiazole rings is 1. The largest absolute Gasteiger partial charge is 0.390 e. The molecule has 0 bridgehead atoms. The summed E-state index contributed by atoms with van der Waals surface area (Å²) in [7, 11) is -4.10. The lowest BCUT2D eigenvalue weighted by Gasteiger charge is -2.34. The van der Waals surface area contributed by atoms with Crippen molar-refractivity contribution in [2.75, 3.05) is 51.1 Å². The van der Waals surface area contributed by atoms with Crippen molar-refractivity contribution >= 4 is 48.5 Å². The summed E-state index contributed by atoms with van der Waals surface area (Å²) in [4.78, 5) is 34.3. The van der Waals surface area contributed by atoms with Crippen LogP contribution in [0.4, 0.5) is 9.52 Å². The second-order valence-corrected chi connectivity index (χ2v) is 19.3. The van der Waals surface area contributed by atoms with Gasteiger partial charge in [-0.15, -0.1) is 0 Å². The Kier molecular flexibility index (Phi) is 15.6. The van der Waals surface area contributed by atoms with Crippen molar-refractivity contribution in [1.29, 1.82) is 0 Å². The summed E-state index contributed by atoms with van der Waals surface area (Å²) < 4.78 is 44.3. The number of aliphatic hydroxyl groups excluding tert-OH is 1. The second kappa shape index (κ2) is 20.1. The molecule has 2 amide bonds. The zero-order valence-electron chi connectivity index (χ0n) is 33.6. The molecule has 1 aliphatic heterocycles. The maximum atomic E-state index is 14.3. The normalized spacial score (nSPS) is 15.5. The highest BCUT2D eigenvalue weighted by atomic mass is 32.2. The first-order valence-electron chi connectivity index (χ1n) is 19.7. The summed E-state index contributed by atoms with van der Waals surface area (Å²) >= 11 is 1.41. The number of carbonyl (C=O) groups is 2. The van der Waals surface area contributed by atoms with Crippen molar-refractivity contribution in [2.24, 2.45) is 11.3 Å². The number of anilines is 1. The SMILES string of the molecule is CC(C)CN(C[C@@H](O)[C@H](Cc1ccccc1)NC(=O)[C@@H](NC(=O)CNCc1cccc(F)c1)C(C)(C)C)S(=O)(=O)c1ccc2nc(NCCN3CCCC3)sc2c1. The molecule has 3 aromatic carbocycles. The molecule has 1 fully saturated rings. The molecule has 1 saturated heterocycles. The summed E-state index contributed by atoms with van der Waals surface area (Å²) in [5.74, 6) is -1.39. The molecular weight excluding hydrogens is 766 g/mol. The summed E-state index contributed by atoms with van der Waals surface area (Å²) in [5, 5.41) is 24.8. The van der Waals surface area contributed by atoms with E-state index < -0.39 is 45.4 Å². The molecule has 57 heavy (non-hydrogen) atoms. The molecular formula is C42H58FN7O5S2. The Labute approximate surface area is 340 Å². The number of hydrogen-bond acceptors (Lipinski definition) is 10. The van der Waals surface area contributed by atoms with Crippen molar-refractivity contribution < 1.29 is 27.5 Å². The van der Waals surface area contributed by atoms with Gasteiger partial charge in [0, 0.05) is 32.7 Å². The molecule has 1 aliphatic rings. The van der Waals surface area contributed by atoms with Gasteiger partial charge >= 0.3 is 0 Å². The number of carbonyl (C=O) groups excluding carboxylic acids is 2. The minimum absolute atomic E-state index is 0.0670. The summed E-state index contributed by atoms with van der Waals surface area (Å²) in [5.41, 5.74) is 1.48. The van der Waals surface area contributed by atoms with Crippen molar-refractivity contribution in [3.63, 3.8) is 0 Å². The molecule has 4 aromatic rings. The lowest BCUT2D eigenvalue weighted by Crippen LogP contribution is -2.59. The topological polar surface area (TPSA) is 156 Å². The number of hydrogen-bond donors (Lipinski definition) is 5. The van der Waals surface area contributed by atoms with E-state index >= 15 is 0 Å². The number of aliphatic hydroxyl groups is 1. The number of aromatic nitrogens is 1. The van der Waals surface area contributed by atoms with Gasteiger partial charge in [0.15, 0.2) is 5.13 Å². The average Bonchev–Trinajstić information content (AvgIpc) is 3.83. The molecule has 0 spiro atoms. The van der Waals surface area contributed by atoms with E-state index in [0.29, 0.717) is 11.1 Å². The fourth-order valence-corrected chi connectivity index (χ4v) is 9.56. The first kappa shape index (κ1) is 44.1. The van der Waals surface area contributed by atoms with Crippen LogP contribution in [0, 0.1) is 17.2 Å². The Morgan fingerprint density at radius 3 is 2.37 bits per heavy atom. The van der Waals surface area contributed by atoms with Gasteiger partial charge in [-0.05, 0) is 85.1 Å². The van der Waals surface area contributed by atoms with E-state index in [0.717, 1.165) is 41.6 Å². The smallest absolute Gasteiger partial charge is 0.243 e. The highest BCUT2D eigenvalue weighted by Gasteiger charge is 2.37. The van der Waals surface area contributed by atoms with Crippen LogP contribution in [0.3, 0.4) is 0 Å². The third-order valence-electron chi connectivity index (χ3n) is 9.89. The van der Waals surface area contributed by atoms with Gasteiger partial charge in [0.1, 0.15) is 11.9 Å². The molecule has 3 atom stereocenters. The number of likely N-dealkylation sites (tertiary alicyclic amines) is 1. The second-order valence-electron chi connectivity index (χ2n) is 16.3. The molecule has 0 unspecified atom stereocenters. The summed E-state index contributed by atoms with van der Waals surface area (Å²) in [6.07, 6.45) is 1.35. The zero-order chi connectivity index (χ0) is 41.2. The van der Waals surface area contributed by atoms with Gasteiger partial charge in [-0.2, -0.15) is 4.31 Å². The molecule has 15 heteroatoms. The van der Waals surface area contributed by atoms with E-state index in [1.54, 1.807) is 30.3 Å². The number of sulfonamides is 1. The highest BCUT2D eigenvalue weighted by Crippen LogP contribution is 2.30. The molecule has 5 rings (SSSR count). The van der Waals surface area contributed by atoms with Crippen LogP contribution in [-0.2, 0) is 32.6 Å². The molecule has 5 N–H and O–H groups in total. The number of amides is 2. The average molecular weight is 824 g/mol. The quantitative estimate of drug-likeness (QED) is 0.0829. The maximum Gasteiger partial charge on any atom is 0.243 e. The van der Waals surface area contributed by atoms with E-state index in [9.17, 15) is 27.5 Å². The van der Waals surface area contributed by atoms with Gasteiger partial charge in [-0.3, -0.25) is 9.59 Å². The van der Waals surface area contributed by atoms with Gasteiger partial charge in [0.25, 0.3) is 0 Å². The predicted molar refractivity (Wildman–Crippen MR) is 225 cm³/mol. The summed E-state index contributed by atoms with van der Waals surface area (Å²) in [6.45, 7) is 13.2. The van der Waals surface area contributed by atoms with Crippen LogP contribution in [0.25, 0.3) is 10.2 Å². The van der Waals surface area contributed by atoms with Gasteiger partial charge < -0.3 is 31.3 Å². The molecule has 0 saturated carbocycles. The van der Waals surface area contributed by atoms with Crippen molar-refractivity contribution in [2.45, 2.75) is 83.5 Å². The van der Waals surface area contributed by atoms with Gasteiger partial charge in [0.2, 0.25) is 21.8 Å². The minimum atomic E-state index is -4.10. The predicted octanol–water partition coefficient (Wildman–Crippen LogP) is 5.00. The number of halogens is 1. The number of benzene rings is 3. The molecule has 2 heterocycles. The van der Waals surface area contributed by atoms with Crippen molar-refractivity contribution in [3.05, 3.63) is 89.7 Å². The van der Waals surface area contributed by atoms with Crippen LogP contribution in [0.5, 0.6) is 0 Å². The summed E-state index contributed by atoms with van der Waals surface area (Å²) in [6, 6.07) is 18.4. The standard InChI is InChI=1S/C42H58FN7O5S2/c1-29(2)27-50(57(54,55)33-16-17-34-37(24-33)56-41(47-34)45-18-21-49-19-9-10-20-49)28-36(51)35(23-30-12-7-6-8-13-30)46-40(53)39(42(3,4)5)48-38(52)26-44-25-31-14-11-15-32(43)22-31/h6-8,11-17,22,24,29,35-36,39,44,51H,9-10,18-21,23,25-28H2,1-5H3,(H,45,47)(H,46,53)(H,48,52)/t35-,36+,39+/m0/s1. The Hall–Kier alpha value is -3.99. The molecule has 1 aromatic heterocycles. The fraction of sp³-hybridized carbons (Fsp3) is 0.500. The fourth-order valence-electron chi connectivity index (χ4n) is 6.90.